The monoisotopic (exact) mass is 339 g/mol. The van der Waals surface area contributed by atoms with Crippen molar-refractivity contribution in [2.24, 2.45) is 11.0 Å². The van der Waals surface area contributed by atoms with E-state index in [4.69, 9.17) is 0 Å². The second-order valence-electron chi connectivity index (χ2n) is 5.48. The first-order chi connectivity index (χ1) is 10.8. The normalized spacial score (nSPS) is 20.2. The molecule has 1 aliphatic rings. The number of rotatable bonds is 5. The summed E-state index contributed by atoms with van der Waals surface area (Å²) in [5.41, 5.74) is 2.87. The van der Waals surface area contributed by atoms with Crippen LogP contribution in [0.4, 0.5) is 5.69 Å². The number of amides is 1. The van der Waals surface area contributed by atoms with Gasteiger partial charge in [0.05, 0.1) is 27.7 Å². The Hall–Kier alpha value is -2.29. The van der Waals surface area contributed by atoms with E-state index in [1.807, 2.05) is 0 Å². The lowest BCUT2D eigenvalue weighted by Gasteiger charge is -2.07. The van der Waals surface area contributed by atoms with E-state index in [2.05, 4.69) is 10.5 Å². The molecule has 1 fully saturated rings. The Labute approximate surface area is 133 Å². The lowest BCUT2D eigenvalue weighted by atomic mass is 10.1. The van der Waals surface area contributed by atoms with Crippen molar-refractivity contribution in [2.75, 3.05) is 11.5 Å². The summed E-state index contributed by atoms with van der Waals surface area (Å²) in [7, 11) is -3.02. The van der Waals surface area contributed by atoms with Crippen molar-refractivity contribution in [3.63, 3.8) is 0 Å². The summed E-state index contributed by atoms with van der Waals surface area (Å²) in [5.74, 6) is -0.455. The van der Waals surface area contributed by atoms with Gasteiger partial charge in [-0.1, -0.05) is 12.1 Å². The maximum Gasteiger partial charge on any atom is 0.278 e. The van der Waals surface area contributed by atoms with Gasteiger partial charge in [0.25, 0.3) is 5.69 Å². The molecule has 0 aromatic heterocycles. The molecule has 23 heavy (non-hydrogen) atoms. The number of nitrogens with one attached hydrogen (secondary N) is 1. The van der Waals surface area contributed by atoms with E-state index < -0.39 is 20.7 Å². The van der Waals surface area contributed by atoms with Crippen LogP contribution in [0.1, 0.15) is 25.3 Å². The molecule has 0 spiro atoms. The Morgan fingerprint density at radius 3 is 2.74 bits per heavy atom. The number of benzene rings is 1. The molecule has 1 aliphatic heterocycles. The predicted octanol–water partition coefficient (Wildman–Crippen LogP) is 1.26. The van der Waals surface area contributed by atoms with Crippen LogP contribution in [0.5, 0.6) is 0 Å². The molecule has 1 atom stereocenters. The van der Waals surface area contributed by atoms with Gasteiger partial charge in [0, 0.05) is 12.5 Å². The summed E-state index contributed by atoms with van der Waals surface area (Å²) in [6, 6.07) is 6.10. The number of nitrogens with zero attached hydrogens (tertiary/aromatic N) is 2. The van der Waals surface area contributed by atoms with Crippen molar-refractivity contribution >= 4 is 27.1 Å². The molecule has 1 amide bonds. The van der Waals surface area contributed by atoms with Gasteiger partial charge < -0.3 is 0 Å². The van der Waals surface area contributed by atoms with Crippen LogP contribution < -0.4 is 5.43 Å². The summed E-state index contributed by atoms with van der Waals surface area (Å²) < 4.78 is 22.7. The minimum Gasteiger partial charge on any atom is -0.273 e. The molecule has 0 aliphatic carbocycles. The van der Waals surface area contributed by atoms with Gasteiger partial charge in [0.1, 0.15) is 0 Å². The maximum absolute atomic E-state index is 11.8. The fourth-order valence-corrected chi connectivity index (χ4v) is 4.35. The highest BCUT2D eigenvalue weighted by Crippen LogP contribution is 2.21. The minimum absolute atomic E-state index is 0.0211. The second kappa shape index (κ2) is 6.86. The molecule has 1 saturated heterocycles. The van der Waals surface area contributed by atoms with Gasteiger partial charge >= 0.3 is 0 Å². The van der Waals surface area contributed by atoms with Crippen molar-refractivity contribution in [3.05, 3.63) is 39.9 Å². The number of hydrogen-bond donors (Lipinski definition) is 1. The summed E-state index contributed by atoms with van der Waals surface area (Å²) in [5, 5.41) is 14.8. The zero-order valence-corrected chi connectivity index (χ0v) is 13.4. The van der Waals surface area contributed by atoms with E-state index in [-0.39, 0.29) is 29.5 Å². The molecule has 0 radical (unpaired) electrons. The number of sulfone groups is 1. The molecule has 0 unspecified atom stereocenters. The standard InChI is InChI=1S/C14H17N3O5S/c1-10(12-4-2-3-5-13(12)17(19)20)15-16-14(18)8-11-6-7-23(21,22)9-11/h2-5,11H,6-9H2,1H3,(H,16,18)/b15-10-/t11-/m0/s1. The minimum atomic E-state index is -3.02. The van der Waals surface area contributed by atoms with Gasteiger partial charge in [0.2, 0.25) is 5.91 Å². The van der Waals surface area contributed by atoms with Crippen LogP contribution in [-0.2, 0) is 14.6 Å². The van der Waals surface area contributed by atoms with Gasteiger partial charge in [-0.05, 0) is 25.3 Å². The molecule has 9 heteroatoms. The Kier molecular flexibility index (Phi) is 5.09. The molecule has 1 aromatic rings. The number of nitro groups is 1. The second-order valence-corrected chi connectivity index (χ2v) is 7.71. The first kappa shape index (κ1) is 17.1. The van der Waals surface area contributed by atoms with Crippen LogP contribution in [0, 0.1) is 16.0 Å². The molecule has 124 valence electrons. The van der Waals surface area contributed by atoms with Crippen molar-refractivity contribution in [1.29, 1.82) is 0 Å². The topological polar surface area (TPSA) is 119 Å². The highest BCUT2D eigenvalue weighted by Gasteiger charge is 2.29. The average Bonchev–Trinajstić information content (AvgIpc) is 2.83. The van der Waals surface area contributed by atoms with E-state index in [0.717, 1.165) is 0 Å². The summed E-state index contributed by atoms with van der Waals surface area (Å²) in [6.07, 6.45) is 0.551. The van der Waals surface area contributed by atoms with Crippen LogP contribution >= 0.6 is 0 Å². The fraction of sp³-hybridized carbons (Fsp3) is 0.429. The van der Waals surface area contributed by atoms with E-state index in [1.165, 1.54) is 6.07 Å². The van der Waals surface area contributed by atoms with Crippen LogP contribution in [0.3, 0.4) is 0 Å². The number of carbonyl (C=O) groups excluding carboxylic acids is 1. The summed E-state index contributed by atoms with van der Waals surface area (Å²) in [6.45, 7) is 1.56. The number of carbonyl (C=O) groups is 1. The number of hydrazone groups is 1. The molecule has 8 nitrogen and oxygen atoms in total. The first-order valence-corrected chi connectivity index (χ1v) is 8.88. The quantitative estimate of drug-likeness (QED) is 0.492. The fourth-order valence-electron chi connectivity index (χ4n) is 2.49. The van der Waals surface area contributed by atoms with Gasteiger partial charge in [-0.2, -0.15) is 5.10 Å². The zero-order chi connectivity index (χ0) is 17.0. The SMILES string of the molecule is C/C(=N/NC(=O)C[C@@H]1CCS(=O)(=O)C1)c1ccccc1[N+](=O)[O-]. The molecule has 0 saturated carbocycles. The molecule has 1 heterocycles. The van der Waals surface area contributed by atoms with Crippen LogP contribution in [0.2, 0.25) is 0 Å². The highest BCUT2D eigenvalue weighted by molar-refractivity contribution is 7.91. The Balaban J connectivity index is 2.00. The molecular weight excluding hydrogens is 322 g/mol. The van der Waals surface area contributed by atoms with Crippen molar-refractivity contribution in [1.82, 2.24) is 5.43 Å². The molecular formula is C14H17N3O5S. The van der Waals surface area contributed by atoms with Crippen molar-refractivity contribution < 1.29 is 18.1 Å². The molecule has 0 bridgehead atoms. The zero-order valence-electron chi connectivity index (χ0n) is 12.6. The van der Waals surface area contributed by atoms with E-state index in [0.29, 0.717) is 17.7 Å². The van der Waals surface area contributed by atoms with Crippen LogP contribution in [-0.4, -0.2) is 36.5 Å². The highest BCUT2D eigenvalue weighted by atomic mass is 32.2. The van der Waals surface area contributed by atoms with E-state index in [1.54, 1.807) is 25.1 Å². The third kappa shape index (κ3) is 4.59. The third-order valence-electron chi connectivity index (χ3n) is 3.64. The lowest BCUT2D eigenvalue weighted by Crippen LogP contribution is -2.22. The summed E-state index contributed by atoms with van der Waals surface area (Å²) >= 11 is 0. The predicted molar refractivity (Wildman–Crippen MR) is 84.8 cm³/mol. The number of hydrogen-bond acceptors (Lipinski definition) is 6. The Morgan fingerprint density at radius 1 is 1.43 bits per heavy atom. The van der Waals surface area contributed by atoms with Gasteiger partial charge in [-0.3, -0.25) is 14.9 Å². The van der Waals surface area contributed by atoms with Gasteiger partial charge in [0.15, 0.2) is 9.84 Å². The molecule has 2 rings (SSSR count). The van der Waals surface area contributed by atoms with Crippen molar-refractivity contribution in [2.45, 2.75) is 19.8 Å². The third-order valence-corrected chi connectivity index (χ3v) is 5.48. The van der Waals surface area contributed by atoms with Gasteiger partial charge in [-0.15, -0.1) is 0 Å². The summed E-state index contributed by atoms with van der Waals surface area (Å²) in [4.78, 5) is 22.3. The van der Waals surface area contributed by atoms with E-state index >= 15 is 0 Å². The van der Waals surface area contributed by atoms with Crippen LogP contribution in [0.25, 0.3) is 0 Å². The van der Waals surface area contributed by atoms with Gasteiger partial charge in [-0.25, -0.2) is 13.8 Å². The van der Waals surface area contributed by atoms with Crippen LogP contribution in [0.15, 0.2) is 29.4 Å². The van der Waals surface area contributed by atoms with E-state index in [9.17, 15) is 23.3 Å². The number of nitro benzene ring substituents is 1. The first-order valence-electron chi connectivity index (χ1n) is 7.06. The van der Waals surface area contributed by atoms with Crippen molar-refractivity contribution in [3.8, 4) is 0 Å². The molecule has 1 N–H and O–H groups in total. The number of para-hydroxylation sites is 1. The largest absolute Gasteiger partial charge is 0.278 e. The maximum atomic E-state index is 11.8. The average molecular weight is 339 g/mol. The molecule has 1 aromatic carbocycles. The smallest absolute Gasteiger partial charge is 0.273 e. The Morgan fingerprint density at radius 2 is 2.13 bits per heavy atom. The Bertz CT molecular complexity index is 757. The lowest BCUT2D eigenvalue weighted by molar-refractivity contribution is -0.385.